The molecule has 1 aromatic heterocycles. The molecule has 0 bridgehead atoms. The zero-order chi connectivity index (χ0) is 15.2. The largest absolute Gasteiger partial charge is 0.480 e. The third-order valence-electron chi connectivity index (χ3n) is 2.75. The van der Waals surface area contributed by atoms with Crippen LogP contribution in [0.15, 0.2) is 41.8 Å². The van der Waals surface area contributed by atoms with E-state index in [2.05, 4.69) is 10.1 Å². The molecule has 0 saturated heterocycles. The molecule has 0 saturated carbocycles. The second-order valence-electron chi connectivity index (χ2n) is 4.18. The van der Waals surface area contributed by atoms with Crippen LogP contribution in [0.1, 0.15) is 16.5 Å². The molecule has 0 aliphatic heterocycles. The van der Waals surface area contributed by atoms with Crippen molar-refractivity contribution in [2.45, 2.75) is 19.2 Å². The molecule has 0 fully saturated rings. The maximum absolute atomic E-state index is 12.1. The molecule has 1 heterocycles. The van der Waals surface area contributed by atoms with Gasteiger partial charge in [-0.1, -0.05) is 18.2 Å². The van der Waals surface area contributed by atoms with E-state index in [0.29, 0.717) is 12.1 Å². The molecular formula is C14H13F2NO3S. The smallest absolute Gasteiger partial charge is 0.387 e. The number of nitrogens with one attached hydrogen (secondary N) is 1. The summed E-state index contributed by atoms with van der Waals surface area (Å²) in [4.78, 5) is 12.3. The molecule has 0 aliphatic carbocycles. The van der Waals surface area contributed by atoms with Gasteiger partial charge in [-0.15, -0.1) is 11.3 Å². The number of hydrogen-bond donors (Lipinski definition) is 2. The topological polar surface area (TPSA) is 58.6 Å². The molecule has 0 aliphatic rings. The second kappa shape index (κ2) is 7.14. The summed E-state index contributed by atoms with van der Waals surface area (Å²) in [5.41, 5.74) is 0.473. The lowest BCUT2D eigenvalue weighted by Crippen LogP contribution is -2.27. The van der Waals surface area contributed by atoms with Crippen LogP contribution in [0.3, 0.4) is 0 Å². The van der Waals surface area contributed by atoms with Crippen LogP contribution in [0.5, 0.6) is 5.75 Å². The molecule has 7 heteroatoms. The van der Waals surface area contributed by atoms with Gasteiger partial charge in [0.2, 0.25) is 0 Å². The number of thiophene rings is 1. The maximum atomic E-state index is 12.1. The lowest BCUT2D eigenvalue weighted by molar-refractivity contribution is -0.139. The molecule has 4 nitrogen and oxygen atoms in total. The Balaban J connectivity index is 2.05. The highest BCUT2D eigenvalue weighted by Gasteiger charge is 2.19. The molecule has 0 radical (unpaired) electrons. The van der Waals surface area contributed by atoms with Gasteiger partial charge in [0.15, 0.2) is 0 Å². The van der Waals surface area contributed by atoms with E-state index in [-0.39, 0.29) is 5.75 Å². The quantitative estimate of drug-likeness (QED) is 0.824. The molecule has 0 amide bonds. The molecule has 1 unspecified atom stereocenters. The van der Waals surface area contributed by atoms with Gasteiger partial charge >= 0.3 is 12.6 Å². The number of carboxylic acid groups (broad SMARTS) is 1. The lowest BCUT2D eigenvalue weighted by Gasteiger charge is -2.15. The monoisotopic (exact) mass is 313 g/mol. The van der Waals surface area contributed by atoms with Crippen LogP contribution >= 0.6 is 11.3 Å². The Morgan fingerprint density at radius 3 is 2.52 bits per heavy atom. The zero-order valence-electron chi connectivity index (χ0n) is 10.8. The average molecular weight is 313 g/mol. The van der Waals surface area contributed by atoms with Crippen LogP contribution < -0.4 is 10.1 Å². The Morgan fingerprint density at radius 1 is 1.29 bits per heavy atom. The molecule has 1 atom stereocenters. The SMILES string of the molecule is O=C(O)C(NCc1cccs1)c1ccc(OC(F)F)cc1. The van der Waals surface area contributed by atoms with Crippen LogP contribution in [0.25, 0.3) is 0 Å². The Kier molecular flexibility index (Phi) is 5.24. The number of aliphatic carboxylic acids is 1. The molecule has 2 N–H and O–H groups in total. The van der Waals surface area contributed by atoms with Crippen molar-refractivity contribution >= 4 is 17.3 Å². The lowest BCUT2D eigenvalue weighted by atomic mass is 10.1. The van der Waals surface area contributed by atoms with Crippen molar-refractivity contribution in [2.24, 2.45) is 0 Å². The fourth-order valence-electron chi connectivity index (χ4n) is 1.81. The summed E-state index contributed by atoms with van der Waals surface area (Å²) in [5.74, 6) is -1.04. The van der Waals surface area contributed by atoms with Crippen molar-refractivity contribution in [3.8, 4) is 5.75 Å². The summed E-state index contributed by atoms with van der Waals surface area (Å²) in [6.07, 6.45) is 0. The van der Waals surface area contributed by atoms with Crippen LogP contribution in [-0.4, -0.2) is 17.7 Å². The average Bonchev–Trinajstić information content (AvgIpc) is 2.93. The standard InChI is InChI=1S/C14H13F2NO3S/c15-14(16)20-10-5-3-9(4-6-10)12(13(18)19)17-8-11-2-1-7-21-11/h1-7,12,14,17H,8H2,(H,18,19). The highest BCUT2D eigenvalue weighted by atomic mass is 32.1. The maximum Gasteiger partial charge on any atom is 0.387 e. The molecule has 1 aromatic carbocycles. The van der Waals surface area contributed by atoms with Gasteiger partial charge in [0.1, 0.15) is 11.8 Å². The van der Waals surface area contributed by atoms with Crippen molar-refractivity contribution in [1.82, 2.24) is 5.32 Å². The first kappa shape index (κ1) is 15.4. The van der Waals surface area contributed by atoms with Crippen LogP contribution in [0.4, 0.5) is 8.78 Å². The van der Waals surface area contributed by atoms with E-state index in [1.54, 1.807) is 0 Å². The summed E-state index contributed by atoms with van der Waals surface area (Å²) in [6, 6.07) is 8.43. The number of alkyl halides is 2. The Hall–Kier alpha value is -1.99. The van der Waals surface area contributed by atoms with Crippen molar-refractivity contribution < 1.29 is 23.4 Å². The van der Waals surface area contributed by atoms with Crippen molar-refractivity contribution in [3.05, 3.63) is 52.2 Å². The van der Waals surface area contributed by atoms with Crippen LogP contribution in [0, 0.1) is 0 Å². The number of ether oxygens (including phenoxy) is 1. The minimum Gasteiger partial charge on any atom is -0.480 e. The summed E-state index contributed by atoms with van der Waals surface area (Å²) in [7, 11) is 0. The van der Waals surface area contributed by atoms with Crippen LogP contribution in [-0.2, 0) is 11.3 Å². The van der Waals surface area contributed by atoms with Gasteiger partial charge in [0.25, 0.3) is 0 Å². The minimum atomic E-state index is -2.90. The Bertz CT molecular complexity index is 572. The summed E-state index contributed by atoms with van der Waals surface area (Å²) < 4.78 is 28.3. The number of rotatable bonds is 7. The van der Waals surface area contributed by atoms with Gasteiger partial charge in [-0.25, -0.2) is 0 Å². The predicted octanol–water partition coefficient (Wildman–Crippen LogP) is 3.27. The fraction of sp³-hybridized carbons (Fsp3) is 0.214. The van der Waals surface area contributed by atoms with E-state index >= 15 is 0 Å². The number of carbonyl (C=O) groups is 1. The van der Waals surface area contributed by atoms with E-state index in [4.69, 9.17) is 0 Å². The van der Waals surface area contributed by atoms with Gasteiger partial charge < -0.3 is 9.84 Å². The predicted molar refractivity (Wildman–Crippen MR) is 74.6 cm³/mol. The van der Waals surface area contributed by atoms with Crippen molar-refractivity contribution in [2.75, 3.05) is 0 Å². The Morgan fingerprint density at radius 2 is 2.00 bits per heavy atom. The molecule has 21 heavy (non-hydrogen) atoms. The second-order valence-corrected chi connectivity index (χ2v) is 5.21. The summed E-state index contributed by atoms with van der Waals surface area (Å²) in [5, 5.41) is 14.1. The molecule has 112 valence electrons. The normalized spacial score (nSPS) is 12.3. The molecule has 0 spiro atoms. The van der Waals surface area contributed by atoms with Crippen LogP contribution in [0.2, 0.25) is 0 Å². The van der Waals surface area contributed by atoms with E-state index < -0.39 is 18.6 Å². The molecule has 2 rings (SSSR count). The first-order chi connectivity index (χ1) is 10.1. The van der Waals surface area contributed by atoms with E-state index in [0.717, 1.165) is 4.88 Å². The van der Waals surface area contributed by atoms with Gasteiger partial charge in [-0.2, -0.15) is 8.78 Å². The zero-order valence-corrected chi connectivity index (χ0v) is 11.6. The first-order valence-corrected chi connectivity index (χ1v) is 6.97. The van der Waals surface area contributed by atoms with E-state index in [1.807, 2.05) is 17.5 Å². The fourth-order valence-corrected chi connectivity index (χ4v) is 2.46. The van der Waals surface area contributed by atoms with E-state index in [9.17, 15) is 18.7 Å². The third-order valence-corrected chi connectivity index (χ3v) is 3.62. The molecule has 2 aromatic rings. The first-order valence-electron chi connectivity index (χ1n) is 6.09. The van der Waals surface area contributed by atoms with Gasteiger partial charge in [0.05, 0.1) is 0 Å². The van der Waals surface area contributed by atoms with Crippen molar-refractivity contribution in [3.63, 3.8) is 0 Å². The number of carboxylic acids is 1. The number of halogens is 2. The third kappa shape index (κ3) is 4.51. The summed E-state index contributed by atoms with van der Waals surface area (Å²) in [6.45, 7) is -2.48. The van der Waals surface area contributed by atoms with Gasteiger partial charge in [-0.05, 0) is 29.1 Å². The number of benzene rings is 1. The highest BCUT2D eigenvalue weighted by molar-refractivity contribution is 7.09. The highest BCUT2D eigenvalue weighted by Crippen LogP contribution is 2.20. The van der Waals surface area contributed by atoms with Crippen molar-refractivity contribution in [1.29, 1.82) is 0 Å². The summed E-state index contributed by atoms with van der Waals surface area (Å²) >= 11 is 1.52. The number of hydrogen-bond acceptors (Lipinski definition) is 4. The van der Waals surface area contributed by atoms with Gasteiger partial charge in [-0.3, -0.25) is 10.1 Å². The van der Waals surface area contributed by atoms with E-state index in [1.165, 1.54) is 35.6 Å². The molecular weight excluding hydrogens is 300 g/mol. The van der Waals surface area contributed by atoms with Gasteiger partial charge in [0, 0.05) is 11.4 Å². The Labute approximate surface area is 124 Å². The minimum absolute atomic E-state index is 0.00357.